The van der Waals surface area contributed by atoms with Crippen LogP contribution in [0.4, 0.5) is 10.1 Å². The molecule has 0 saturated carbocycles. The van der Waals surface area contributed by atoms with Gasteiger partial charge in [0.05, 0.1) is 12.3 Å². The molecule has 1 heterocycles. The Morgan fingerprint density at radius 1 is 0.966 bits per heavy atom. The van der Waals surface area contributed by atoms with Crippen LogP contribution >= 0.6 is 0 Å². The van der Waals surface area contributed by atoms with Gasteiger partial charge in [-0.2, -0.15) is 0 Å². The Hall–Kier alpha value is -3.09. The fourth-order valence-electron chi connectivity index (χ4n) is 3.21. The van der Waals surface area contributed by atoms with E-state index in [2.05, 4.69) is 0 Å². The van der Waals surface area contributed by atoms with Crippen molar-refractivity contribution in [3.63, 3.8) is 0 Å². The molecule has 7 heteroatoms. The molecule has 0 N–H and O–H groups in total. The monoisotopic (exact) mass is 400 g/mol. The minimum Gasteiger partial charge on any atom is -0.494 e. The molecule has 6 nitrogen and oxygen atoms in total. The summed E-state index contributed by atoms with van der Waals surface area (Å²) in [4.78, 5) is 27.4. The molecule has 29 heavy (non-hydrogen) atoms. The standard InChI is InChI=1S/C22H25FN2O4/c1-3-28-18-5-7-19(8-6-18)29-15-22(27)25-12-10-24(11-13-25)21-9-4-17(16(2)26)14-20(21)23/h4-9,14H,3,10-13,15H2,1-2H3. The van der Waals surface area contributed by atoms with Crippen LogP contribution in [0.3, 0.4) is 0 Å². The Labute approximate surface area is 169 Å². The Bertz CT molecular complexity index is 862. The van der Waals surface area contributed by atoms with E-state index < -0.39 is 5.82 Å². The third-order valence-corrected chi connectivity index (χ3v) is 4.82. The highest BCUT2D eigenvalue weighted by atomic mass is 19.1. The maximum atomic E-state index is 14.3. The predicted molar refractivity (Wildman–Crippen MR) is 108 cm³/mol. The number of rotatable bonds is 7. The van der Waals surface area contributed by atoms with Crippen LogP contribution in [-0.4, -0.2) is 56.0 Å². The van der Waals surface area contributed by atoms with E-state index in [0.717, 1.165) is 5.75 Å². The Morgan fingerprint density at radius 2 is 1.59 bits per heavy atom. The Morgan fingerprint density at radius 3 is 2.14 bits per heavy atom. The number of carbonyl (C=O) groups excluding carboxylic acids is 2. The van der Waals surface area contributed by atoms with Crippen molar-refractivity contribution in [3.05, 3.63) is 53.8 Å². The number of ketones is 1. The van der Waals surface area contributed by atoms with Gasteiger partial charge >= 0.3 is 0 Å². The Kier molecular flexibility index (Phi) is 6.69. The van der Waals surface area contributed by atoms with Gasteiger partial charge in [-0.25, -0.2) is 4.39 Å². The number of hydrogen-bond donors (Lipinski definition) is 0. The molecule has 1 aliphatic rings. The molecule has 0 aliphatic carbocycles. The van der Waals surface area contributed by atoms with Gasteiger partial charge in [-0.05, 0) is 56.3 Å². The van der Waals surface area contributed by atoms with Crippen LogP contribution in [0, 0.1) is 5.82 Å². The lowest BCUT2D eigenvalue weighted by Gasteiger charge is -2.36. The van der Waals surface area contributed by atoms with E-state index in [1.165, 1.54) is 13.0 Å². The molecule has 0 unspecified atom stereocenters. The van der Waals surface area contributed by atoms with Crippen LogP contribution in [0.2, 0.25) is 0 Å². The molecule has 154 valence electrons. The normalized spacial score (nSPS) is 13.9. The maximum Gasteiger partial charge on any atom is 0.260 e. The molecule has 0 aromatic heterocycles. The third kappa shape index (κ3) is 5.25. The van der Waals surface area contributed by atoms with Crippen molar-refractivity contribution in [2.24, 2.45) is 0 Å². The van der Waals surface area contributed by atoms with E-state index in [1.807, 2.05) is 11.8 Å². The number of Topliss-reactive ketones (excluding diaryl/α,β-unsaturated/α-hetero) is 1. The number of halogens is 1. The fourth-order valence-corrected chi connectivity index (χ4v) is 3.21. The highest BCUT2D eigenvalue weighted by molar-refractivity contribution is 5.94. The smallest absolute Gasteiger partial charge is 0.260 e. The molecule has 0 bridgehead atoms. The quantitative estimate of drug-likeness (QED) is 0.669. The molecule has 0 spiro atoms. The number of carbonyl (C=O) groups is 2. The summed E-state index contributed by atoms with van der Waals surface area (Å²) < 4.78 is 25.3. The molecular weight excluding hydrogens is 375 g/mol. The first-order valence-electron chi connectivity index (χ1n) is 9.67. The average molecular weight is 400 g/mol. The number of hydrogen-bond acceptors (Lipinski definition) is 5. The summed E-state index contributed by atoms with van der Waals surface area (Å²) in [5.74, 6) is 0.666. The predicted octanol–water partition coefficient (Wildman–Crippen LogP) is 3.15. The Balaban J connectivity index is 1.50. The average Bonchev–Trinajstić information content (AvgIpc) is 2.73. The summed E-state index contributed by atoms with van der Waals surface area (Å²) in [6.07, 6.45) is 0. The second-order valence-corrected chi connectivity index (χ2v) is 6.78. The summed E-state index contributed by atoms with van der Waals surface area (Å²) in [5.41, 5.74) is 0.805. The lowest BCUT2D eigenvalue weighted by Crippen LogP contribution is -2.50. The molecular formula is C22H25FN2O4. The fraction of sp³-hybridized carbons (Fsp3) is 0.364. The molecule has 1 fully saturated rings. The van der Waals surface area contributed by atoms with Crippen LogP contribution in [0.5, 0.6) is 11.5 Å². The van der Waals surface area contributed by atoms with Gasteiger partial charge in [0.25, 0.3) is 5.91 Å². The summed E-state index contributed by atoms with van der Waals surface area (Å²) in [6, 6.07) is 11.6. The number of ether oxygens (including phenoxy) is 2. The number of benzene rings is 2. The van der Waals surface area contributed by atoms with E-state index in [0.29, 0.717) is 49.8 Å². The zero-order valence-corrected chi connectivity index (χ0v) is 16.7. The van der Waals surface area contributed by atoms with Gasteiger partial charge in [0, 0.05) is 31.7 Å². The number of nitrogens with zero attached hydrogens (tertiary/aromatic N) is 2. The summed E-state index contributed by atoms with van der Waals surface area (Å²) in [7, 11) is 0. The topological polar surface area (TPSA) is 59.1 Å². The van der Waals surface area contributed by atoms with Gasteiger partial charge in [-0.3, -0.25) is 9.59 Å². The van der Waals surface area contributed by atoms with Crippen LogP contribution in [0.15, 0.2) is 42.5 Å². The van der Waals surface area contributed by atoms with Gasteiger partial charge in [-0.1, -0.05) is 0 Å². The highest BCUT2D eigenvalue weighted by Crippen LogP contribution is 2.22. The second kappa shape index (κ2) is 9.41. The minimum atomic E-state index is -0.420. The van der Waals surface area contributed by atoms with E-state index in [9.17, 15) is 14.0 Å². The number of anilines is 1. The first-order valence-corrected chi connectivity index (χ1v) is 9.67. The SMILES string of the molecule is CCOc1ccc(OCC(=O)N2CCN(c3ccc(C(C)=O)cc3F)CC2)cc1. The minimum absolute atomic E-state index is 0.0460. The van der Waals surface area contributed by atoms with E-state index in [4.69, 9.17) is 9.47 Å². The molecule has 3 rings (SSSR count). The number of piperazine rings is 1. The first-order chi connectivity index (χ1) is 14.0. The van der Waals surface area contributed by atoms with Crippen molar-refractivity contribution >= 4 is 17.4 Å². The van der Waals surface area contributed by atoms with Crippen LogP contribution in [0.25, 0.3) is 0 Å². The highest BCUT2D eigenvalue weighted by Gasteiger charge is 2.23. The van der Waals surface area contributed by atoms with Gasteiger partial charge in [0.2, 0.25) is 0 Å². The van der Waals surface area contributed by atoms with Crippen molar-refractivity contribution in [1.29, 1.82) is 0 Å². The van der Waals surface area contributed by atoms with Crippen LogP contribution in [-0.2, 0) is 4.79 Å². The van der Waals surface area contributed by atoms with E-state index in [1.54, 1.807) is 41.3 Å². The number of amides is 1. The molecule has 1 saturated heterocycles. The largest absolute Gasteiger partial charge is 0.494 e. The van der Waals surface area contributed by atoms with Gasteiger partial charge in [0.15, 0.2) is 12.4 Å². The molecule has 0 radical (unpaired) electrons. The van der Waals surface area contributed by atoms with Crippen molar-refractivity contribution < 1.29 is 23.5 Å². The molecule has 1 amide bonds. The molecule has 2 aromatic rings. The maximum absolute atomic E-state index is 14.3. The third-order valence-electron chi connectivity index (χ3n) is 4.82. The molecule has 0 atom stereocenters. The zero-order chi connectivity index (χ0) is 20.8. The van der Waals surface area contributed by atoms with Gasteiger partial charge in [-0.15, -0.1) is 0 Å². The van der Waals surface area contributed by atoms with Crippen molar-refractivity contribution in [2.75, 3.05) is 44.3 Å². The second-order valence-electron chi connectivity index (χ2n) is 6.78. The van der Waals surface area contributed by atoms with Crippen LogP contribution < -0.4 is 14.4 Å². The lowest BCUT2D eigenvalue weighted by atomic mass is 10.1. The lowest BCUT2D eigenvalue weighted by molar-refractivity contribution is -0.133. The first kappa shape index (κ1) is 20.6. The van der Waals surface area contributed by atoms with Crippen molar-refractivity contribution in [1.82, 2.24) is 4.90 Å². The molecule has 1 aliphatic heterocycles. The van der Waals surface area contributed by atoms with E-state index >= 15 is 0 Å². The van der Waals surface area contributed by atoms with E-state index in [-0.39, 0.29) is 18.3 Å². The van der Waals surface area contributed by atoms with Crippen molar-refractivity contribution in [2.45, 2.75) is 13.8 Å². The van der Waals surface area contributed by atoms with Crippen LogP contribution in [0.1, 0.15) is 24.2 Å². The molecule has 2 aromatic carbocycles. The zero-order valence-electron chi connectivity index (χ0n) is 16.7. The van der Waals surface area contributed by atoms with Crippen molar-refractivity contribution in [3.8, 4) is 11.5 Å². The van der Waals surface area contributed by atoms with Gasteiger partial charge in [0.1, 0.15) is 17.3 Å². The van der Waals surface area contributed by atoms with Gasteiger partial charge < -0.3 is 19.3 Å². The summed E-state index contributed by atoms with van der Waals surface area (Å²) in [6.45, 7) is 5.88. The summed E-state index contributed by atoms with van der Waals surface area (Å²) >= 11 is 0. The summed E-state index contributed by atoms with van der Waals surface area (Å²) in [5, 5.41) is 0.